The highest BCUT2D eigenvalue weighted by molar-refractivity contribution is 5.76. The van der Waals surface area contributed by atoms with E-state index in [2.05, 4.69) is 12.2 Å². The van der Waals surface area contributed by atoms with E-state index < -0.39 is 0 Å². The monoisotopic (exact) mass is 367 g/mol. The van der Waals surface area contributed by atoms with Crippen molar-refractivity contribution in [3.63, 3.8) is 0 Å². The predicted molar refractivity (Wildman–Crippen MR) is 117 cm³/mol. The minimum Gasteiger partial charge on any atom is -0.354 e. The molecule has 1 N–H and O–H groups in total. The van der Waals surface area contributed by atoms with E-state index in [1.807, 2.05) is 13.8 Å². The summed E-state index contributed by atoms with van der Waals surface area (Å²) < 4.78 is 0. The van der Waals surface area contributed by atoms with E-state index >= 15 is 0 Å². The van der Waals surface area contributed by atoms with E-state index in [1.54, 1.807) is 0 Å². The van der Waals surface area contributed by atoms with Gasteiger partial charge in [-0.1, -0.05) is 116 Å². The SMILES string of the molecule is CCCCCCCCCCCCCCCCCCCCC(=O)NC(C)C. The van der Waals surface area contributed by atoms with E-state index in [9.17, 15) is 4.79 Å². The maximum Gasteiger partial charge on any atom is 0.220 e. The number of carbonyl (C=O) groups is 1. The summed E-state index contributed by atoms with van der Waals surface area (Å²) in [5, 5.41) is 2.96. The van der Waals surface area contributed by atoms with Gasteiger partial charge in [-0.25, -0.2) is 0 Å². The van der Waals surface area contributed by atoms with Gasteiger partial charge >= 0.3 is 0 Å². The highest BCUT2D eigenvalue weighted by Crippen LogP contribution is 2.14. The third-order valence-electron chi connectivity index (χ3n) is 5.21. The standard InChI is InChI=1S/C24H49NO/c1-4-5-6-7-8-9-10-11-12-13-14-15-16-17-18-19-20-21-22-24(26)25-23(2)3/h23H,4-22H2,1-3H3,(H,25,26). The van der Waals surface area contributed by atoms with Crippen molar-refractivity contribution in [3.8, 4) is 0 Å². The van der Waals surface area contributed by atoms with Crippen LogP contribution >= 0.6 is 0 Å². The Bertz CT molecular complexity index is 288. The first-order chi connectivity index (χ1) is 12.7. The molecule has 0 saturated carbocycles. The third-order valence-corrected chi connectivity index (χ3v) is 5.21. The predicted octanol–water partition coefficient (Wildman–Crippen LogP) is 7.94. The first-order valence-corrected chi connectivity index (χ1v) is 12.0. The van der Waals surface area contributed by atoms with Crippen molar-refractivity contribution in [3.05, 3.63) is 0 Å². The molecule has 26 heavy (non-hydrogen) atoms. The minimum absolute atomic E-state index is 0.219. The summed E-state index contributed by atoms with van der Waals surface area (Å²) in [7, 11) is 0. The fourth-order valence-corrected chi connectivity index (χ4v) is 3.58. The van der Waals surface area contributed by atoms with Crippen LogP contribution in [0.25, 0.3) is 0 Å². The van der Waals surface area contributed by atoms with E-state index in [-0.39, 0.29) is 11.9 Å². The smallest absolute Gasteiger partial charge is 0.220 e. The summed E-state index contributed by atoms with van der Waals surface area (Å²) in [6, 6.07) is 0.276. The van der Waals surface area contributed by atoms with Gasteiger partial charge in [-0.2, -0.15) is 0 Å². The number of amides is 1. The van der Waals surface area contributed by atoms with Crippen molar-refractivity contribution in [1.82, 2.24) is 5.32 Å². The van der Waals surface area contributed by atoms with Gasteiger partial charge in [-0.15, -0.1) is 0 Å². The van der Waals surface area contributed by atoms with Crippen LogP contribution in [0.3, 0.4) is 0 Å². The molecular formula is C24H49NO. The van der Waals surface area contributed by atoms with Gasteiger partial charge < -0.3 is 5.32 Å². The lowest BCUT2D eigenvalue weighted by atomic mass is 10.0. The molecule has 0 atom stereocenters. The van der Waals surface area contributed by atoms with E-state index in [4.69, 9.17) is 0 Å². The van der Waals surface area contributed by atoms with Crippen molar-refractivity contribution < 1.29 is 4.79 Å². The van der Waals surface area contributed by atoms with Crippen molar-refractivity contribution in [2.24, 2.45) is 0 Å². The highest BCUT2D eigenvalue weighted by Gasteiger charge is 2.02. The molecule has 0 fully saturated rings. The molecule has 0 aromatic carbocycles. The number of nitrogens with one attached hydrogen (secondary N) is 1. The molecule has 0 spiro atoms. The fourth-order valence-electron chi connectivity index (χ4n) is 3.58. The van der Waals surface area contributed by atoms with E-state index in [1.165, 1.54) is 109 Å². The van der Waals surface area contributed by atoms with E-state index in [0.29, 0.717) is 6.42 Å². The fraction of sp³-hybridized carbons (Fsp3) is 0.958. The molecule has 0 saturated heterocycles. The van der Waals surface area contributed by atoms with Crippen molar-refractivity contribution in [2.45, 2.75) is 149 Å². The molecule has 0 radical (unpaired) electrons. The van der Waals surface area contributed by atoms with Gasteiger partial charge in [0.05, 0.1) is 0 Å². The molecule has 2 heteroatoms. The molecule has 0 unspecified atom stereocenters. The Morgan fingerprint density at radius 2 is 0.885 bits per heavy atom. The van der Waals surface area contributed by atoms with Crippen LogP contribution in [-0.2, 0) is 4.79 Å². The van der Waals surface area contributed by atoms with Crippen LogP contribution in [0.5, 0.6) is 0 Å². The van der Waals surface area contributed by atoms with Gasteiger partial charge in [-0.05, 0) is 20.3 Å². The zero-order valence-corrected chi connectivity index (χ0v) is 18.4. The summed E-state index contributed by atoms with van der Waals surface area (Å²) >= 11 is 0. The van der Waals surface area contributed by atoms with Crippen LogP contribution < -0.4 is 5.32 Å². The second-order valence-corrected chi connectivity index (χ2v) is 8.48. The third kappa shape index (κ3) is 21.5. The zero-order valence-electron chi connectivity index (χ0n) is 18.4. The van der Waals surface area contributed by atoms with Crippen molar-refractivity contribution >= 4 is 5.91 Å². The van der Waals surface area contributed by atoms with Crippen molar-refractivity contribution in [2.75, 3.05) is 0 Å². The summed E-state index contributed by atoms with van der Waals surface area (Å²) in [5.41, 5.74) is 0. The zero-order chi connectivity index (χ0) is 19.3. The van der Waals surface area contributed by atoms with Gasteiger partial charge in [0.15, 0.2) is 0 Å². The van der Waals surface area contributed by atoms with Gasteiger partial charge in [-0.3, -0.25) is 4.79 Å². The molecular weight excluding hydrogens is 318 g/mol. The van der Waals surface area contributed by atoms with Crippen molar-refractivity contribution in [1.29, 1.82) is 0 Å². The second-order valence-electron chi connectivity index (χ2n) is 8.48. The average molecular weight is 368 g/mol. The molecule has 1 amide bonds. The van der Waals surface area contributed by atoms with Crippen LogP contribution in [0.15, 0.2) is 0 Å². The highest BCUT2D eigenvalue weighted by atomic mass is 16.1. The van der Waals surface area contributed by atoms with Crippen LogP contribution in [0.1, 0.15) is 143 Å². The largest absolute Gasteiger partial charge is 0.354 e. The summed E-state index contributed by atoms with van der Waals surface area (Å²) in [4.78, 5) is 11.5. The minimum atomic E-state index is 0.219. The topological polar surface area (TPSA) is 29.1 Å². The molecule has 0 aromatic rings. The molecule has 0 rings (SSSR count). The molecule has 0 heterocycles. The molecule has 0 aliphatic rings. The molecule has 0 bridgehead atoms. The quantitative estimate of drug-likeness (QED) is 0.217. The number of unbranched alkanes of at least 4 members (excludes halogenated alkanes) is 17. The Morgan fingerprint density at radius 3 is 1.19 bits per heavy atom. The molecule has 0 aromatic heterocycles. The number of hydrogen-bond acceptors (Lipinski definition) is 1. The number of carbonyl (C=O) groups excluding carboxylic acids is 1. The van der Waals surface area contributed by atoms with Crippen LogP contribution in [0.4, 0.5) is 0 Å². The van der Waals surface area contributed by atoms with Gasteiger partial charge in [0.2, 0.25) is 5.91 Å². The normalized spacial score (nSPS) is 11.2. The van der Waals surface area contributed by atoms with Crippen LogP contribution in [-0.4, -0.2) is 11.9 Å². The Labute approximate surface area is 165 Å². The Balaban J connectivity index is 3.06. The molecule has 2 nitrogen and oxygen atoms in total. The second kappa shape index (κ2) is 20.8. The Morgan fingerprint density at radius 1 is 0.577 bits per heavy atom. The first-order valence-electron chi connectivity index (χ1n) is 12.0. The lowest BCUT2D eigenvalue weighted by Crippen LogP contribution is -2.29. The molecule has 156 valence electrons. The number of rotatable bonds is 20. The maximum absolute atomic E-state index is 11.5. The lowest BCUT2D eigenvalue weighted by Gasteiger charge is -2.07. The van der Waals surface area contributed by atoms with Gasteiger partial charge in [0.25, 0.3) is 0 Å². The molecule has 0 aliphatic carbocycles. The number of hydrogen-bond donors (Lipinski definition) is 1. The van der Waals surface area contributed by atoms with Gasteiger partial charge in [0, 0.05) is 12.5 Å². The molecule has 0 aliphatic heterocycles. The Kier molecular flexibility index (Phi) is 20.4. The van der Waals surface area contributed by atoms with E-state index in [0.717, 1.165) is 6.42 Å². The summed E-state index contributed by atoms with van der Waals surface area (Å²) in [5.74, 6) is 0.219. The summed E-state index contributed by atoms with van der Waals surface area (Å²) in [6.45, 7) is 6.33. The first kappa shape index (κ1) is 25.5. The Hall–Kier alpha value is -0.530. The lowest BCUT2D eigenvalue weighted by molar-refractivity contribution is -0.121. The maximum atomic E-state index is 11.5. The van der Waals surface area contributed by atoms with Gasteiger partial charge in [0.1, 0.15) is 0 Å². The van der Waals surface area contributed by atoms with Crippen LogP contribution in [0, 0.1) is 0 Å². The summed E-state index contributed by atoms with van der Waals surface area (Å²) in [6.07, 6.45) is 25.7. The van der Waals surface area contributed by atoms with Crippen LogP contribution in [0.2, 0.25) is 0 Å². The average Bonchev–Trinajstić information content (AvgIpc) is 2.60.